The first-order chi connectivity index (χ1) is 9.16. The van der Waals surface area contributed by atoms with E-state index in [-0.39, 0.29) is 36.4 Å². The Hall–Kier alpha value is -0.320. The van der Waals surface area contributed by atoms with Crippen LogP contribution in [0.4, 0.5) is 0 Å². The summed E-state index contributed by atoms with van der Waals surface area (Å²) in [7, 11) is 0. The second-order valence-electron chi connectivity index (χ2n) is 6.33. The molecule has 0 aromatic rings. The zero-order valence-electron chi connectivity index (χ0n) is 12.2. The molecule has 0 heterocycles. The van der Waals surface area contributed by atoms with Crippen LogP contribution in [0.15, 0.2) is 0 Å². The van der Waals surface area contributed by atoms with Crippen molar-refractivity contribution >= 4 is 18.3 Å². The quantitative estimate of drug-likeness (QED) is 0.743. The summed E-state index contributed by atoms with van der Waals surface area (Å²) in [6.45, 7) is 0.627. The van der Waals surface area contributed by atoms with Crippen LogP contribution in [-0.4, -0.2) is 29.7 Å². The van der Waals surface area contributed by atoms with Crippen LogP contribution in [-0.2, 0) is 4.79 Å². The number of carbonyl (C=O) groups excluding carboxylic acids is 1. The van der Waals surface area contributed by atoms with E-state index in [4.69, 9.17) is 5.73 Å². The number of hydrogen-bond donors (Lipinski definition) is 3. The van der Waals surface area contributed by atoms with E-state index in [1.165, 1.54) is 19.3 Å². The molecule has 2 aliphatic carbocycles. The van der Waals surface area contributed by atoms with Crippen LogP contribution in [0.1, 0.15) is 57.8 Å². The summed E-state index contributed by atoms with van der Waals surface area (Å²) in [5.74, 6) is 0.711. The Morgan fingerprint density at radius 3 is 2.30 bits per heavy atom. The fraction of sp³-hybridized carbons (Fsp3) is 0.933. The molecule has 20 heavy (non-hydrogen) atoms. The minimum Gasteiger partial charge on any atom is -0.393 e. The summed E-state index contributed by atoms with van der Waals surface area (Å²) in [6.07, 6.45) is 9.07. The van der Waals surface area contributed by atoms with Gasteiger partial charge in [-0.2, -0.15) is 0 Å². The number of carbonyl (C=O) groups is 1. The summed E-state index contributed by atoms with van der Waals surface area (Å²) in [6, 6.07) is 0.194. The molecule has 2 rings (SSSR count). The molecule has 4 N–H and O–H groups in total. The molecule has 0 aromatic heterocycles. The van der Waals surface area contributed by atoms with Crippen molar-refractivity contribution in [3.63, 3.8) is 0 Å². The van der Waals surface area contributed by atoms with E-state index in [1.54, 1.807) is 0 Å². The molecule has 0 aliphatic heterocycles. The predicted octanol–water partition coefficient (Wildman–Crippen LogP) is 1.98. The number of hydrogen-bond acceptors (Lipinski definition) is 3. The van der Waals surface area contributed by atoms with Gasteiger partial charge < -0.3 is 16.2 Å². The van der Waals surface area contributed by atoms with Gasteiger partial charge in [0.1, 0.15) is 0 Å². The molecule has 0 saturated heterocycles. The summed E-state index contributed by atoms with van der Waals surface area (Å²) in [5, 5.41) is 12.9. The van der Waals surface area contributed by atoms with Crippen molar-refractivity contribution < 1.29 is 9.90 Å². The van der Waals surface area contributed by atoms with Crippen LogP contribution in [0.3, 0.4) is 0 Å². The molecule has 4 atom stereocenters. The Bertz CT molecular complexity index is 302. The zero-order chi connectivity index (χ0) is 13.7. The Morgan fingerprint density at radius 2 is 1.65 bits per heavy atom. The third-order valence-corrected chi connectivity index (χ3v) is 4.85. The maximum atomic E-state index is 12.0. The number of rotatable bonds is 4. The Labute approximate surface area is 128 Å². The molecule has 0 radical (unpaired) electrons. The molecule has 0 aromatic carbocycles. The van der Waals surface area contributed by atoms with Crippen molar-refractivity contribution in [2.75, 3.05) is 6.54 Å². The van der Waals surface area contributed by atoms with Crippen molar-refractivity contribution in [2.45, 2.75) is 69.9 Å². The first-order valence-corrected chi connectivity index (χ1v) is 7.87. The highest BCUT2D eigenvalue weighted by atomic mass is 35.5. The van der Waals surface area contributed by atoms with E-state index >= 15 is 0 Å². The van der Waals surface area contributed by atoms with Gasteiger partial charge in [-0.05, 0) is 31.6 Å². The topological polar surface area (TPSA) is 75.4 Å². The molecule has 2 aliphatic rings. The summed E-state index contributed by atoms with van der Waals surface area (Å²) < 4.78 is 0. The van der Waals surface area contributed by atoms with Crippen LogP contribution in [0, 0.1) is 11.8 Å². The minimum absolute atomic E-state index is 0. The number of amides is 1. The van der Waals surface area contributed by atoms with Crippen LogP contribution in [0.2, 0.25) is 0 Å². The highest BCUT2D eigenvalue weighted by Gasteiger charge is 2.26. The normalized spacial score (nSPS) is 34.1. The van der Waals surface area contributed by atoms with Crippen molar-refractivity contribution in [3.8, 4) is 0 Å². The van der Waals surface area contributed by atoms with Gasteiger partial charge in [0.25, 0.3) is 0 Å². The van der Waals surface area contributed by atoms with Gasteiger partial charge in [0.2, 0.25) is 5.91 Å². The van der Waals surface area contributed by atoms with Crippen molar-refractivity contribution in [1.82, 2.24) is 5.32 Å². The van der Waals surface area contributed by atoms with Gasteiger partial charge in [-0.1, -0.05) is 25.7 Å². The van der Waals surface area contributed by atoms with E-state index in [2.05, 4.69) is 5.32 Å². The maximum absolute atomic E-state index is 12.0. The fourth-order valence-electron chi connectivity index (χ4n) is 3.47. The number of nitrogens with two attached hydrogens (primary N) is 1. The summed E-state index contributed by atoms with van der Waals surface area (Å²) in [5.41, 5.74) is 6.07. The molecule has 2 fully saturated rings. The minimum atomic E-state index is -0.231. The van der Waals surface area contributed by atoms with Gasteiger partial charge in [0.05, 0.1) is 6.10 Å². The van der Waals surface area contributed by atoms with E-state index < -0.39 is 0 Å². The molecular formula is C15H29ClN2O2. The highest BCUT2D eigenvalue weighted by Crippen LogP contribution is 2.26. The van der Waals surface area contributed by atoms with Gasteiger partial charge in [-0.3, -0.25) is 4.79 Å². The van der Waals surface area contributed by atoms with E-state index in [0.29, 0.717) is 18.9 Å². The largest absolute Gasteiger partial charge is 0.393 e. The molecule has 1 amide bonds. The van der Waals surface area contributed by atoms with E-state index in [9.17, 15) is 9.90 Å². The van der Waals surface area contributed by atoms with E-state index in [0.717, 1.165) is 32.1 Å². The Balaban J connectivity index is 0.00000200. The predicted molar refractivity (Wildman–Crippen MR) is 82.8 cm³/mol. The lowest BCUT2D eigenvalue weighted by molar-refractivity contribution is -0.122. The molecular weight excluding hydrogens is 276 g/mol. The highest BCUT2D eigenvalue weighted by molar-refractivity contribution is 5.85. The van der Waals surface area contributed by atoms with Crippen LogP contribution >= 0.6 is 12.4 Å². The van der Waals surface area contributed by atoms with Gasteiger partial charge in [-0.25, -0.2) is 0 Å². The lowest BCUT2D eigenvalue weighted by atomic mass is 9.82. The first-order valence-electron chi connectivity index (χ1n) is 7.87. The van der Waals surface area contributed by atoms with Crippen molar-refractivity contribution in [1.29, 1.82) is 0 Å². The average molecular weight is 305 g/mol. The maximum Gasteiger partial charge on any atom is 0.220 e. The summed E-state index contributed by atoms with van der Waals surface area (Å²) >= 11 is 0. The summed E-state index contributed by atoms with van der Waals surface area (Å²) in [4.78, 5) is 12.0. The van der Waals surface area contributed by atoms with Gasteiger partial charge in [0, 0.05) is 24.9 Å². The molecule has 0 spiro atoms. The smallest absolute Gasteiger partial charge is 0.220 e. The fourth-order valence-corrected chi connectivity index (χ4v) is 3.47. The SMILES string of the molecule is Cl.NC1CCCCC1CC(=O)NCC1CCCCC1O. The van der Waals surface area contributed by atoms with Gasteiger partial charge in [-0.15, -0.1) is 12.4 Å². The monoisotopic (exact) mass is 304 g/mol. The lowest BCUT2D eigenvalue weighted by Gasteiger charge is -2.29. The number of halogens is 1. The zero-order valence-corrected chi connectivity index (χ0v) is 13.0. The van der Waals surface area contributed by atoms with Crippen LogP contribution < -0.4 is 11.1 Å². The second-order valence-corrected chi connectivity index (χ2v) is 6.33. The lowest BCUT2D eigenvalue weighted by Crippen LogP contribution is -2.40. The molecule has 118 valence electrons. The van der Waals surface area contributed by atoms with Crippen molar-refractivity contribution in [3.05, 3.63) is 0 Å². The van der Waals surface area contributed by atoms with Gasteiger partial charge >= 0.3 is 0 Å². The molecule has 2 saturated carbocycles. The van der Waals surface area contributed by atoms with Gasteiger partial charge in [0.15, 0.2) is 0 Å². The molecule has 4 unspecified atom stereocenters. The Morgan fingerprint density at radius 1 is 1.05 bits per heavy atom. The number of aliphatic hydroxyl groups is 1. The standard InChI is InChI=1S/C15H28N2O2.ClH/c16-13-7-3-1-5-11(13)9-15(19)17-10-12-6-2-4-8-14(12)18;/h11-14,18H,1-10,16H2,(H,17,19);1H. The first kappa shape index (κ1) is 17.7. The van der Waals surface area contributed by atoms with Crippen LogP contribution in [0.25, 0.3) is 0 Å². The third-order valence-electron chi connectivity index (χ3n) is 4.85. The molecule has 4 nitrogen and oxygen atoms in total. The molecule has 5 heteroatoms. The van der Waals surface area contributed by atoms with E-state index in [1.807, 2.05) is 0 Å². The van der Waals surface area contributed by atoms with Crippen molar-refractivity contribution in [2.24, 2.45) is 17.6 Å². The average Bonchev–Trinajstić information content (AvgIpc) is 2.40. The number of aliphatic hydroxyl groups excluding tert-OH is 1. The second kappa shape index (κ2) is 8.85. The van der Waals surface area contributed by atoms with Crippen LogP contribution in [0.5, 0.6) is 0 Å². The number of nitrogens with one attached hydrogen (secondary N) is 1. The molecule has 0 bridgehead atoms. The Kier molecular flexibility index (Phi) is 7.85. The third kappa shape index (κ3) is 5.23.